The lowest BCUT2D eigenvalue weighted by Crippen LogP contribution is -2.28. The summed E-state index contributed by atoms with van der Waals surface area (Å²) in [5.41, 5.74) is -0.589. The maximum absolute atomic E-state index is 12.8. The molecule has 1 amide bonds. The van der Waals surface area contributed by atoms with Crippen LogP contribution in [0.5, 0.6) is 0 Å². The molecule has 6 heteroatoms. The summed E-state index contributed by atoms with van der Waals surface area (Å²) in [7, 11) is 0. The van der Waals surface area contributed by atoms with Gasteiger partial charge in [-0.05, 0) is 36.2 Å². The molecule has 1 N–H and O–H groups in total. The van der Waals surface area contributed by atoms with E-state index in [4.69, 9.17) is 0 Å². The number of carbonyl (C=O) groups excluding carboxylic acids is 1. The second-order valence-corrected chi connectivity index (χ2v) is 4.68. The van der Waals surface area contributed by atoms with E-state index >= 15 is 0 Å². The summed E-state index contributed by atoms with van der Waals surface area (Å²) in [5, 5.41) is 2.44. The zero-order chi connectivity index (χ0) is 16.2. The Morgan fingerprint density at radius 1 is 1.00 bits per heavy atom. The highest BCUT2D eigenvalue weighted by atomic mass is 19.4. The predicted molar refractivity (Wildman–Crippen MR) is 73.9 cm³/mol. The number of hydrogen-bond acceptors (Lipinski definition) is 1. The maximum Gasteiger partial charge on any atom is 0.417 e. The van der Waals surface area contributed by atoms with Gasteiger partial charge in [-0.25, -0.2) is 4.39 Å². The van der Waals surface area contributed by atoms with Gasteiger partial charge in [0.1, 0.15) is 5.82 Å². The van der Waals surface area contributed by atoms with Crippen molar-refractivity contribution in [3.05, 3.63) is 71.0 Å². The molecule has 2 aromatic rings. The molecular weight excluding hydrogens is 298 g/mol. The van der Waals surface area contributed by atoms with Crippen LogP contribution in [-0.2, 0) is 12.6 Å². The summed E-state index contributed by atoms with van der Waals surface area (Å²) >= 11 is 0. The van der Waals surface area contributed by atoms with E-state index in [0.29, 0.717) is 6.42 Å². The van der Waals surface area contributed by atoms with Crippen LogP contribution in [0.1, 0.15) is 21.5 Å². The molecule has 0 saturated heterocycles. The highest BCUT2D eigenvalue weighted by Gasteiger charge is 2.34. The lowest BCUT2D eigenvalue weighted by atomic mass is 10.1. The molecule has 0 heterocycles. The lowest BCUT2D eigenvalue weighted by molar-refractivity contribution is -0.137. The number of amides is 1. The Morgan fingerprint density at radius 2 is 1.64 bits per heavy atom. The van der Waals surface area contributed by atoms with Crippen LogP contribution in [0.4, 0.5) is 17.6 Å². The molecule has 0 spiro atoms. The molecule has 0 fully saturated rings. The molecule has 0 unspecified atom stereocenters. The van der Waals surface area contributed by atoms with Gasteiger partial charge >= 0.3 is 6.18 Å². The molecule has 0 aliphatic carbocycles. The van der Waals surface area contributed by atoms with Crippen molar-refractivity contribution in [2.45, 2.75) is 12.6 Å². The van der Waals surface area contributed by atoms with Crippen LogP contribution in [0.3, 0.4) is 0 Å². The van der Waals surface area contributed by atoms with E-state index in [1.165, 1.54) is 24.3 Å². The molecule has 116 valence electrons. The molecule has 22 heavy (non-hydrogen) atoms. The van der Waals surface area contributed by atoms with E-state index in [1.54, 1.807) is 12.1 Å². The van der Waals surface area contributed by atoms with Crippen LogP contribution >= 0.6 is 0 Å². The minimum Gasteiger partial charge on any atom is -0.352 e. The van der Waals surface area contributed by atoms with Gasteiger partial charge in [-0.2, -0.15) is 13.2 Å². The molecule has 0 atom stereocenters. The molecule has 0 saturated carbocycles. The van der Waals surface area contributed by atoms with Gasteiger partial charge in [0.15, 0.2) is 0 Å². The first-order valence-electron chi connectivity index (χ1n) is 6.57. The van der Waals surface area contributed by atoms with Gasteiger partial charge in [0.05, 0.1) is 11.1 Å². The Balaban J connectivity index is 2.00. The van der Waals surface area contributed by atoms with E-state index in [1.807, 2.05) is 0 Å². The van der Waals surface area contributed by atoms with Crippen LogP contribution in [0, 0.1) is 5.82 Å². The molecule has 0 radical (unpaired) electrons. The van der Waals surface area contributed by atoms with Crippen LogP contribution in [0.15, 0.2) is 48.5 Å². The average molecular weight is 311 g/mol. The van der Waals surface area contributed by atoms with Crippen molar-refractivity contribution >= 4 is 5.91 Å². The Hall–Kier alpha value is -2.37. The van der Waals surface area contributed by atoms with E-state index in [9.17, 15) is 22.4 Å². The van der Waals surface area contributed by atoms with Crippen molar-refractivity contribution in [2.24, 2.45) is 0 Å². The third kappa shape index (κ3) is 4.07. The smallest absolute Gasteiger partial charge is 0.352 e. The first kappa shape index (κ1) is 16.0. The van der Waals surface area contributed by atoms with E-state index in [-0.39, 0.29) is 12.4 Å². The fourth-order valence-electron chi connectivity index (χ4n) is 1.99. The minimum atomic E-state index is -4.58. The average Bonchev–Trinajstić information content (AvgIpc) is 2.48. The Labute approximate surface area is 124 Å². The van der Waals surface area contributed by atoms with Gasteiger partial charge in [0, 0.05) is 6.54 Å². The summed E-state index contributed by atoms with van der Waals surface area (Å²) in [6.07, 6.45) is -4.18. The van der Waals surface area contributed by atoms with Gasteiger partial charge in [0.2, 0.25) is 0 Å². The van der Waals surface area contributed by atoms with Crippen molar-refractivity contribution in [3.63, 3.8) is 0 Å². The van der Waals surface area contributed by atoms with Crippen molar-refractivity contribution < 1.29 is 22.4 Å². The third-order valence-corrected chi connectivity index (χ3v) is 3.09. The number of benzene rings is 2. The Morgan fingerprint density at radius 3 is 2.27 bits per heavy atom. The van der Waals surface area contributed by atoms with Gasteiger partial charge in [-0.3, -0.25) is 4.79 Å². The molecular formula is C16H13F4NO. The Kier molecular flexibility index (Phi) is 4.80. The fourth-order valence-corrected chi connectivity index (χ4v) is 1.99. The zero-order valence-corrected chi connectivity index (χ0v) is 11.5. The monoisotopic (exact) mass is 311 g/mol. The summed E-state index contributed by atoms with van der Waals surface area (Å²) in [6, 6.07) is 10.3. The molecule has 0 aliphatic heterocycles. The van der Waals surface area contributed by atoms with E-state index in [0.717, 1.165) is 17.7 Å². The first-order valence-corrected chi connectivity index (χ1v) is 6.57. The summed E-state index contributed by atoms with van der Waals surface area (Å²) < 4.78 is 51.2. The zero-order valence-electron chi connectivity index (χ0n) is 11.5. The maximum atomic E-state index is 12.8. The van der Waals surface area contributed by atoms with E-state index < -0.39 is 23.2 Å². The SMILES string of the molecule is O=C(NCCc1ccc(F)cc1)c1ccccc1C(F)(F)F. The highest BCUT2D eigenvalue weighted by molar-refractivity contribution is 5.95. The molecule has 2 nitrogen and oxygen atoms in total. The largest absolute Gasteiger partial charge is 0.417 e. The number of halogens is 4. The predicted octanol–water partition coefficient (Wildman–Crippen LogP) is 3.82. The molecule has 2 rings (SSSR count). The van der Waals surface area contributed by atoms with Crippen molar-refractivity contribution in [1.29, 1.82) is 0 Å². The molecule has 0 aromatic heterocycles. The number of hydrogen-bond donors (Lipinski definition) is 1. The minimum absolute atomic E-state index is 0.163. The third-order valence-electron chi connectivity index (χ3n) is 3.09. The van der Waals surface area contributed by atoms with Crippen LogP contribution in [0.2, 0.25) is 0 Å². The molecule has 0 aliphatic rings. The number of nitrogens with one attached hydrogen (secondary N) is 1. The van der Waals surface area contributed by atoms with Crippen molar-refractivity contribution in [1.82, 2.24) is 5.32 Å². The van der Waals surface area contributed by atoms with Crippen molar-refractivity contribution in [3.8, 4) is 0 Å². The standard InChI is InChI=1S/C16H13F4NO/c17-12-7-5-11(6-8-12)9-10-21-15(22)13-3-1-2-4-14(13)16(18,19)20/h1-8H,9-10H2,(H,21,22). The second-order valence-electron chi connectivity index (χ2n) is 4.68. The normalized spacial score (nSPS) is 11.3. The second kappa shape index (κ2) is 6.60. The van der Waals surface area contributed by atoms with Crippen molar-refractivity contribution in [2.75, 3.05) is 6.54 Å². The topological polar surface area (TPSA) is 29.1 Å². The fraction of sp³-hybridized carbons (Fsp3) is 0.188. The number of rotatable bonds is 4. The van der Waals surface area contributed by atoms with Gasteiger partial charge in [-0.1, -0.05) is 24.3 Å². The summed E-state index contributed by atoms with van der Waals surface area (Å²) in [5.74, 6) is -1.15. The Bertz CT molecular complexity index is 650. The number of carbonyl (C=O) groups is 1. The highest BCUT2D eigenvalue weighted by Crippen LogP contribution is 2.31. The summed E-state index contributed by atoms with van der Waals surface area (Å²) in [4.78, 5) is 11.9. The summed E-state index contributed by atoms with van der Waals surface area (Å²) in [6.45, 7) is 0.163. The van der Waals surface area contributed by atoms with Crippen LogP contribution < -0.4 is 5.32 Å². The first-order chi connectivity index (χ1) is 10.4. The van der Waals surface area contributed by atoms with E-state index in [2.05, 4.69) is 5.32 Å². The van der Waals surface area contributed by atoms with Gasteiger partial charge in [0.25, 0.3) is 5.91 Å². The molecule has 2 aromatic carbocycles. The van der Waals surface area contributed by atoms with Crippen LogP contribution in [0.25, 0.3) is 0 Å². The quantitative estimate of drug-likeness (QED) is 0.855. The molecule has 0 bridgehead atoms. The number of alkyl halides is 3. The van der Waals surface area contributed by atoms with Gasteiger partial charge < -0.3 is 5.32 Å². The van der Waals surface area contributed by atoms with Gasteiger partial charge in [-0.15, -0.1) is 0 Å². The van der Waals surface area contributed by atoms with Crippen LogP contribution in [-0.4, -0.2) is 12.5 Å². The lowest BCUT2D eigenvalue weighted by Gasteiger charge is -2.12.